The molecule has 0 amide bonds. The van der Waals surface area contributed by atoms with Crippen molar-refractivity contribution in [2.75, 3.05) is 0 Å². The van der Waals surface area contributed by atoms with Crippen molar-refractivity contribution in [3.05, 3.63) is 54.6 Å². The molecule has 0 bridgehead atoms. The molecule has 0 atom stereocenters. The first-order valence-electron chi connectivity index (χ1n) is 5.19. The molecule has 0 unspecified atom stereocenters. The smallest absolute Gasteiger partial charge is 0.155 e. The van der Waals surface area contributed by atoms with Crippen LogP contribution in [0.1, 0.15) is 5.56 Å². The highest BCUT2D eigenvalue weighted by Crippen LogP contribution is 2.20. The molecule has 0 fully saturated rings. The van der Waals surface area contributed by atoms with E-state index in [4.69, 9.17) is 0 Å². The van der Waals surface area contributed by atoms with Gasteiger partial charge in [0.2, 0.25) is 0 Å². The first-order chi connectivity index (χ1) is 7.84. The predicted molar refractivity (Wildman–Crippen MR) is 63.2 cm³/mol. The van der Waals surface area contributed by atoms with Gasteiger partial charge in [0, 0.05) is 18.0 Å². The van der Waals surface area contributed by atoms with Gasteiger partial charge in [0.15, 0.2) is 5.65 Å². The summed E-state index contributed by atoms with van der Waals surface area (Å²) in [5.74, 6) is 0. The first-order valence-corrected chi connectivity index (χ1v) is 5.19. The largest absolute Gasteiger partial charge is 0.297 e. The van der Waals surface area contributed by atoms with E-state index < -0.39 is 0 Å². The van der Waals surface area contributed by atoms with Crippen molar-refractivity contribution >= 4 is 5.65 Å². The normalized spacial score (nSPS) is 10.8. The second kappa shape index (κ2) is 3.45. The Labute approximate surface area is 93.4 Å². The molecular weight excluding hydrogens is 198 g/mol. The van der Waals surface area contributed by atoms with Crippen LogP contribution in [0.15, 0.2) is 49.1 Å². The Morgan fingerprint density at radius 3 is 2.69 bits per heavy atom. The van der Waals surface area contributed by atoms with Crippen molar-refractivity contribution in [2.45, 2.75) is 6.92 Å². The van der Waals surface area contributed by atoms with Gasteiger partial charge in [0.1, 0.15) is 0 Å². The van der Waals surface area contributed by atoms with E-state index in [0.29, 0.717) is 0 Å². The molecule has 0 aliphatic heterocycles. The zero-order chi connectivity index (χ0) is 11.0. The minimum atomic E-state index is 0.873. The van der Waals surface area contributed by atoms with E-state index in [1.54, 1.807) is 12.4 Å². The highest BCUT2D eigenvalue weighted by molar-refractivity contribution is 5.63. The van der Waals surface area contributed by atoms with Gasteiger partial charge in [-0.05, 0) is 6.92 Å². The number of benzene rings is 1. The maximum absolute atomic E-state index is 4.32. The Bertz CT molecular complexity index is 623. The molecule has 2 heterocycles. The van der Waals surface area contributed by atoms with Crippen LogP contribution in [0.3, 0.4) is 0 Å². The van der Waals surface area contributed by atoms with Crippen LogP contribution in [0.2, 0.25) is 0 Å². The topological polar surface area (TPSA) is 30.2 Å². The highest BCUT2D eigenvalue weighted by atomic mass is 15.0. The summed E-state index contributed by atoms with van der Waals surface area (Å²) in [5.41, 5.74) is 4.40. The molecule has 0 N–H and O–H groups in total. The number of aryl methyl sites for hydroxylation is 1. The van der Waals surface area contributed by atoms with Crippen LogP contribution < -0.4 is 0 Å². The maximum Gasteiger partial charge on any atom is 0.155 e. The molecule has 0 saturated heterocycles. The minimum Gasteiger partial charge on any atom is -0.297 e. The van der Waals surface area contributed by atoms with Gasteiger partial charge in [-0.25, -0.2) is 4.98 Å². The quantitative estimate of drug-likeness (QED) is 0.616. The summed E-state index contributed by atoms with van der Waals surface area (Å²) in [6.07, 6.45) is 7.34. The Morgan fingerprint density at radius 1 is 1.06 bits per heavy atom. The van der Waals surface area contributed by atoms with Gasteiger partial charge < -0.3 is 0 Å². The summed E-state index contributed by atoms with van der Waals surface area (Å²) in [6, 6.07) is 8.43. The highest BCUT2D eigenvalue weighted by Gasteiger charge is 2.04. The van der Waals surface area contributed by atoms with Gasteiger partial charge in [0.05, 0.1) is 18.1 Å². The number of imidazole rings is 1. The van der Waals surface area contributed by atoms with E-state index in [1.165, 1.54) is 11.1 Å². The standard InChI is InChI=1S/C13H11N3/c1-10-2-4-11(5-3-10)12-8-15-13-9-14-6-7-16(12)13/h2-9H,1H3. The van der Waals surface area contributed by atoms with Crippen LogP contribution in [0.5, 0.6) is 0 Å². The fraction of sp³-hybridized carbons (Fsp3) is 0.0769. The summed E-state index contributed by atoms with van der Waals surface area (Å²) in [4.78, 5) is 8.37. The molecule has 16 heavy (non-hydrogen) atoms. The number of nitrogens with zero attached hydrogens (tertiary/aromatic N) is 3. The van der Waals surface area contributed by atoms with E-state index >= 15 is 0 Å². The van der Waals surface area contributed by atoms with Crippen molar-refractivity contribution in [3.63, 3.8) is 0 Å². The van der Waals surface area contributed by atoms with Crippen LogP contribution in [0, 0.1) is 6.92 Å². The van der Waals surface area contributed by atoms with Gasteiger partial charge in [0.25, 0.3) is 0 Å². The predicted octanol–water partition coefficient (Wildman–Crippen LogP) is 2.70. The molecular formula is C13H11N3. The van der Waals surface area contributed by atoms with E-state index in [2.05, 4.69) is 41.2 Å². The zero-order valence-electron chi connectivity index (χ0n) is 8.96. The minimum absolute atomic E-state index is 0.873. The number of rotatable bonds is 1. The van der Waals surface area contributed by atoms with E-state index in [9.17, 15) is 0 Å². The Hall–Kier alpha value is -2.16. The summed E-state index contributed by atoms with van der Waals surface area (Å²) >= 11 is 0. The van der Waals surface area contributed by atoms with Crippen molar-refractivity contribution in [3.8, 4) is 11.3 Å². The van der Waals surface area contributed by atoms with Gasteiger partial charge >= 0.3 is 0 Å². The van der Waals surface area contributed by atoms with E-state index in [-0.39, 0.29) is 0 Å². The molecule has 0 aliphatic carbocycles. The molecule has 0 saturated carbocycles. The zero-order valence-corrected chi connectivity index (χ0v) is 8.96. The lowest BCUT2D eigenvalue weighted by Gasteiger charge is -2.01. The van der Waals surface area contributed by atoms with Gasteiger partial charge in [-0.1, -0.05) is 29.8 Å². The van der Waals surface area contributed by atoms with Crippen LogP contribution in [-0.4, -0.2) is 14.4 Å². The molecule has 0 aliphatic rings. The SMILES string of the molecule is Cc1ccc(-c2cnc3cnccn23)cc1. The number of fused-ring (bicyclic) bond motifs is 1. The molecule has 0 spiro atoms. The maximum atomic E-state index is 4.32. The third kappa shape index (κ3) is 1.37. The Balaban J connectivity index is 2.22. The first kappa shape index (κ1) is 9.09. The van der Waals surface area contributed by atoms with Crippen LogP contribution in [0.4, 0.5) is 0 Å². The van der Waals surface area contributed by atoms with Gasteiger partial charge in [-0.3, -0.25) is 9.38 Å². The summed E-state index contributed by atoms with van der Waals surface area (Å²) in [7, 11) is 0. The molecule has 2 aromatic heterocycles. The lowest BCUT2D eigenvalue weighted by molar-refractivity contribution is 1.13. The molecule has 3 aromatic rings. The third-order valence-corrected chi connectivity index (χ3v) is 2.66. The summed E-state index contributed by atoms with van der Waals surface area (Å²) in [6.45, 7) is 2.09. The van der Waals surface area contributed by atoms with Crippen molar-refractivity contribution in [1.82, 2.24) is 14.4 Å². The average Bonchev–Trinajstić information content (AvgIpc) is 2.74. The van der Waals surface area contributed by atoms with Crippen molar-refractivity contribution < 1.29 is 0 Å². The third-order valence-electron chi connectivity index (χ3n) is 2.66. The van der Waals surface area contributed by atoms with E-state index in [0.717, 1.165) is 11.3 Å². The molecule has 0 radical (unpaired) electrons. The molecule has 1 aromatic carbocycles. The fourth-order valence-corrected chi connectivity index (χ4v) is 1.78. The van der Waals surface area contributed by atoms with Gasteiger partial charge in [-0.15, -0.1) is 0 Å². The van der Waals surface area contributed by atoms with Gasteiger partial charge in [-0.2, -0.15) is 0 Å². The second-order valence-corrected chi connectivity index (χ2v) is 3.81. The molecule has 78 valence electrons. The lowest BCUT2D eigenvalue weighted by atomic mass is 10.1. The summed E-state index contributed by atoms with van der Waals surface area (Å²) in [5, 5.41) is 0. The van der Waals surface area contributed by atoms with Crippen molar-refractivity contribution in [1.29, 1.82) is 0 Å². The van der Waals surface area contributed by atoms with Crippen LogP contribution in [-0.2, 0) is 0 Å². The monoisotopic (exact) mass is 209 g/mol. The number of hydrogen-bond donors (Lipinski definition) is 0. The Kier molecular flexibility index (Phi) is 1.96. The second-order valence-electron chi connectivity index (χ2n) is 3.81. The molecule has 3 heteroatoms. The Morgan fingerprint density at radius 2 is 1.88 bits per heavy atom. The average molecular weight is 209 g/mol. The van der Waals surface area contributed by atoms with Crippen LogP contribution in [0.25, 0.3) is 16.9 Å². The van der Waals surface area contributed by atoms with E-state index in [1.807, 2.05) is 16.8 Å². The lowest BCUT2D eigenvalue weighted by Crippen LogP contribution is -1.88. The van der Waals surface area contributed by atoms with Crippen molar-refractivity contribution in [2.24, 2.45) is 0 Å². The summed E-state index contributed by atoms with van der Waals surface area (Å²) < 4.78 is 2.04. The molecule has 3 rings (SSSR count). The molecule has 3 nitrogen and oxygen atoms in total. The number of hydrogen-bond acceptors (Lipinski definition) is 2. The number of aromatic nitrogens is 3. The van der Waals surface area contributed by atoms with Crippen LogP contribution >= 0.6 is 0 Å². The fourth-order valence-electron chi connectivity index (χ4n) is 1.78.